The fourth-order valence-electron chi connectivity index (χ4n) is 3.25. The second-order valence-corrected chi connectivity index (χ2v) is 6.52. The minimum absolute atomic E-state index is 0.00289. The molecule has 2 heterocycles. The lowest BCUT2D eigenvalue weighted by Crippen LogP contribution is -2.46. The number of methoxy groups -OCH3 is 1. The molecule has 0 bridgehead atoms. The van der Waals surface area contributed by atoms with Crippen LogP contribution < -0.4 is 9.47 Å². The molecule has 6 nitrogen and oxygen atoms in total. The van der Waals surface area contributed by atoms with Crippen LogP contribution in [0, 0.1) is 0 Å². The van der Waals surface area contributed by atoms with Crippen LogP contribution in [0.15, 0.2) is 24.3 Å². The van der Waals surface area contributed by atoms with E-state index < -0.39 is 5.79 Å². The molecule has 0 unspecified atom stereocenters. The van der Waals surface area contributed by atoms with Gasteiger partial charge in [0.15, 0.2) is 17.3 Å². The average molecular weight is 361 g/mol. The molecule has 1 aromatic carbocycles. The van der Waals surface area contributed by atoms with Crippen molar-refractivity contribution in [3.05, 3.63) is 29.8 Å². The fraction of sp³-hybridized carbons (Fsp3) is 0.550. The van der Waals surface area contributed by atoms with Crippen molar-refractivity contribution in [1.82, 2.24) is 4.90 Å². The van der Waals surface area contributed by atoms with E-state index in [1.807, 2.05) is 23.1 Å². The number of benzene rings is 1. The van der Waals surface area contributed by atoms with E-state index in [9.17, 15) is 4.79 Å². The fourth-order valence-corrected chi connectivity index (χ4v) is 3.25. The summed E-state index contributed by atoms with van der Waals surface area (Å²) >= 11 is 0. The Morgan fingerprint density at radius 2 is 1.96 bits per heavy atom. The van der Waals surface area contributed by atoms with Crippen LogP contribution in [0.4, 0.5) is 0 Å². The number of likely N-dealkylation sites (tertiary alicyclic amines) is 1. The van der Waals surface area contributed by atoms with Crippen LogP contribution in [0.2, 0.25) is 0 Å². The molecule has 0 N–H and O–H groups in total. The van der Waals surface area contributed by atoms with Crippen molar-refractivity contribution in [2.75, 3.05) is 40.0 Å². The summed E-state index contributed by atoms with van der Waals surface area (Å²) in [5.74, 6) is 0.935. The Hall–Kier alpha value is -2.05. The molecule has 0 aliphatic carbocycles. The molecule has 6 heteroatoms. The van der Waals surface area contributed by atoms with E-state index in [0.29, 0.717) is 38.7 Å². The van der Waals surface area contributed by atoms with Gasteiger partial charge in [0, 0.05) is 32.0 Å². The molecule has 1 aromatic rings. The Morgan fingerprint density at radius 3 is 2.62 bits per heavy atom. The zero-order valence-corrected chi connectivity index (χ0v) is 15.5. The van der Waals surface area contributed by atoms with E-state index in [0.717, 1.165) is 30.6 Å². The largest absolute Gasteiger partial charge is 0.493 e. The number of ether oxygens (including phenoxy) is 4. The Morgan fingerprint density at radius 1 is 1.23 bits per heavy atom. The lowest BCUT2D eigenvalue weighted by molar-refractivity contribution is -0.186. The van der Waals surface area contributed by atoms with E-state index >= 15 is 0 Å². The molecule has 1 amide bonds. The smallest absolute Gasteiger partial charge is 0.246 e. The van der Waals surface area contributed by atoms with Gasteiger partial charge in [-0.2, -0.15) is 0 Å². The third-order valence-electron chi connectivity index (χ3n) is 4.72. The Bertz CT molecular complexity index is 642. The summed E-state index contributed by atoms with van der Waals surface area (Å²) < 4.78 is 22.4. The third-order valence-corrected chi connectivity index (χ3v) is 4.72. The molecule has 2 aliphatic heterocycles. The average Bonchev–Trinajstić information content (AvgIpc) is 3.13. The van der Waals surface area contributed by atoms with Crippen molar-refractivity contribution in [1.29, 1.82) is 0 Å². The molecule has 0 radical (unpaired) electrons. The van der Waals surface area contributed by atoms with E-state index in [1.165, 1.54) is 0 Å². The summed E-state index contributed by atoms with van der Waals surface area (Å²) in [6.45, 7) is 5.30. The predicted molar refractivity (Wildman–Crippen MR) is 98.3 cm³/mol. The lowest BCUT2D eigenvalue weighted by atomic mass is 10.0. The quantitative estimate of drug-likeness (QED) is 0.729. The molecule has 2 fully saturated rings. The normalized spacial score (nSPS) is 19.2. The highest BCUT2D eigenvalue weighted by molar-refractivity contribution is 5.92. The maximum atomic E-state index is 12.4. The van der Waals surface area contributed by atoms with E-state index in [2.05, 4.69) is 6.92 Å². The van der Waals surface area contributed by atoms with Gasteiger partial charge >= 0.3 is 0 Å². The first kappa shape index (κ1) is 18.7. The SMILES string of the molecule is CCCOc1ccc(/C=C/C(=O)N2CCC3(CC2)OCCO3)cc1OC. The first-order valence-electron chi connectivity index (χ1n) is 9.21. The number of carbonyl (C=O) groups is 1. The highest BCUT2D eigenvalue weighted by Crippen LogP contribution is 2.31. The molecule has 2 aliphatic rings. The minimum Gasteiger partial charge on any atom is -0.493 e. The van der Waals surface area contributed by atoms with Gasteiger partial charge < -0.3 is 23.8 Å². The van der Waals surface area contributed by atoms with E-state index in [4.69, 9.17) is 18.9 Å². The summed E-state index contributed by atoms with van der Waals surface area (Å²) in [5.41, 5.74) is 0.898. The molecular weight excluding hydrogens is 334 g/mol. The summed E-state index contributed by atoms with van der Waals surface area (Å²) in [7, 11) is 1.61. The molecule has 0 atom stereocenters. The molecule has 2 saturated heterocycles. The number of piperidine rings is 1. The lowest BCUT2D eigenvalue weighted by Gasteiger charge is -2.37. The maximum absolute atomic E-state index is 12.4. The number of hydrogen-bond acceptors (Lipinski definition) is 5. The number of amides is 1. The van der Waals surface area contributed by atoms with Gasteiger partial charge in [0.2, 0.25) is 5.91 Å². The standard InChI is InChI=1S/C20H27NO5/c1-3-12-24-17-6-4-16(15-18(17)23-2)5-7-19(22)21-10-8-20(9-11-21)25-13-14-26-20/h4-7,15H,3,8-14H2,1-2H3/b7-5+. The maximum Gasteiger partial charge on any atom is 0.246 e. The highest BCUT2D eigenvalue weighted by atomic mass is 16.7. The molecule has 0 saturated carbocycles. The highest BCUT2D eigenvalue weighted by Gasteiger charge is 2.40. The minimum atomic E-state index is -0.456. The Labute approximate surface area is 154 Å². The van der Waals surface area contributed by atoms with Gasteiger partial charge in [-0.05, 0) is 30.2 Å². The van der Waals surface area contributed by atoms with Crippen molar-refractivity contribution in [3.63, 3.8) is 0 Å². The van der Waals surface area contributed by atoms with Crippen molar-refractivity contribution in [2.45, 2.75) is 32.0 Å². The Balaban J connectivity index is 1.58. The number of hydrogen-bond donors (Lipinski definition) is 0. The van der Waals surface area contributed by atoms with Gasteiger partial charge in [-0.3, -0.25) is 4.79 Å². The van der Waals surface area contributed by atoms with Crippen LogP contribution in [-0.2, 0) is 14.3 Å². The topological polar surface area (TPSA) is 57.2 Å². The van der Waals surface area contributed by atoms with Crippen LogP contribution in [-0.4, -0.2) is 56.6 Å². The molecule has 1 spiro atoms. The first-order valence-corrected chi connectivity index (χ1v) is 9.21. The second kappa shape index (κ2) is 8.56. The molecule has 3 rings (SSSR count). The van der Waals surface area contributed by atoms with Gasteiger partial charge in [-0.25, -0.2) is 0 Å². The number of rotatable bonds is 6. The van der Waals surface area contributed by atoms with E-state index in [1.54, 1.807) is 19.3 Å². The van der Waals surface area contributed by atoms with Crippen LogP contribution >= 0.6 is 0 Å². The van der Waals surface area contributed by atoms with Crippen LogP contribution in [0.5, 0.6) is 11.5 Å². The Kier molecular flexibility index (Phi) is 6.16. The van der Waals surface area contributed by atoms with Crippen LogP contribution in [0.1, 0.15) is 31.7 Å². The van der Waals surface area contributed by atoms with Gasteiger partial charge in [-0.15, -0.1) is 0 Å². The predicted octanol–water partition coefficient (Wildman–Crippen LogP) is 2.86. The monoisotopic (exact) mass is 361 g/mol. The zero-order valence-electron chi connectivity index (χ0n) is 15.5. The summed E-state index contributed by atoms with van der Waals surface area (Å²) in [5, 5.41) is 0. The first-order chi connectivity index (χ1) is 12.7. The number of carbonyl (C=O) groups excluding carboxylic acids is 1. The van der Waals surface area contributed by atoms with Gasteiger partial charge in [-0.1, -0.05) is 13.0 Å². The van der Waals surface area contributed by atoms with Crippen molar-refractivity contribution in [3.8, 4) is 11.5 Å². The van der Waals surface area contributed by atoms with E-state index in [-0.39, 0.29) is 5.91 Å². The van der Waals surface area contributed by atoms with Crippen molar-refractivity contribution >= 4 is 12.0 Å². The zero-order chi connectivity index (χ0) is 18.4. The van der Waals surface area contributed by atoms with Gasteiger partial charge in [0.1, 0.15) is 0 Å². The summed E-state index contributed by atoms with van der Waals surface area (Å²) in [4.78, 5) is 14.3. The molecular formula is C20H27NO5. The van der Waals surface area contributed by atoms with Crippen LogP contribution in [0.25, 0.3) is 6.08 Å². The van der Waals surface area contributed by atoms with Crippen molar-refractivity contribution in [2.24, 2.45) is 0 Å². The molecule has 142 valence electrons. The number of nitrogens with zero attached hydrogens (tertiary/aromatic N) is 1. The second-order valence-electron chi connectivity index (χ2n) is 6.52. The molecule has 26 heavy (non-hydrogen) atoms. The summed E-state index contributed by atoms with van der Waals surface area (Å²) in [6.07, 6.45) is 5.80. The summed E-state index contributed by atoms with van der Waals surface area (Å²) in [6, 6.07) is 5.67. The van der Waals surface area contributed by atoms with Gasteiger partial charge in [0.05, 0.1) is 26.9 Å². The van der Waals surface area contributed by atoms with Crippen molar-refractivity contribution < 1.29 is 23.7 Å². The van der Waals surface area contributed by atoms with Gasteiger partial charge in [0.25, 0.3) is 0 Å². The molecule has 0 aromatic heterocycles. The van der Waals surface area contributed by atoms with Crippen LogP contribution in [0.3, 0.4) is 0 Å². The third kappa shape index (κ3) is 4.37.